The molecular weight excluding hydrogens is 322 g/mol. The molecule has 2 aromatic heterocycles. The third kappa shape index (κ3) is 3.54. The lowest BCUT2D eigenvalue weighted by Crippen LogP contribution is -2.35. The highest BCUT2D eigenvalue weighted by Gasteiger charge is 2.20. The number of aromatic nitrogens is 3. The van der Waals surface area contributed by atoms with Gasteiger partial charge < -0.3 is 24.9 Å². The van der Waals surface area contributed by atoms with Crippen molar-refractivity contribution in [1.29, 1.82) is 0 Å². The van der Waals surface area contributed by atoms with Crippen LogP contribution in [0.4, 0.5) is 0 Å². The van der Waals surface area contributed by atoms with E-state index in [0.717, 1.165) is 17.4 Å². The fourth-order valence-corrected chi connectivity index (χ4v) is 2.82. The van der Waals surface area contributed by atoms with Crippen molar-refractivity contribution >= 4 is 16.8 Å². The fourth-order valence-electron chi connectivity index (χ4n) is 2.82. The fraction of sp³-hybridized carbons (Fsp3) is 0.353. The van der Waals surface area contributed by atoms with E-state index in [0.29, 0.717) is 43.6 Å². The third-order valence-corrected chi connectivity index (χ3v) is 4.12. The van der Waals surface area contributed by atoms with Crippen molar-refractivity contribution in [2.24, 2.45) is 0 Å². The first-order chi connectivity index (χ1) is 12.3. The van der Waals surface area contributed by atoms with Gasteiger partial charge in [-0.3, -0.25) is 4.79 Å². The zero-order valence-corrected chi connectivity index (χ0v) is 13.6. The standard InChI is InChI=1S/C17H19N5O3/c23-17(13-9-11-3-1-2-4-12(11)20-13)19-6-5-15-21-16(22-25-15)14-10-24-8-7-18-14/h1-4,9,14,18,20H,5-8,10H2,(H,19,23). The molecule has 1 fully saturated rings. The molecule has 3 heterocycles. The predicted octanol–water partition coefficient (Wildman–Crippen LogP) is 1.18. The van der Waals surface area contributed by atoms with Gasteiger partial charge in [0.15, 0.2) is 5.82 Å². The number of rotatable bonds is 5. The van der Waals surface area contributed by atoms with E-state index < -0.39 is 0 Å². The Hall–Kier alpha value is -2.71. The van der Waals surface area contributed by atoms with Gasteiger partial charge in [0.2, 0.25) is 5.89 Å². The highest BCUT2D eigenvalue weighted by Crippen LogP contribution is 2.15. The molecule has 8 heteroatoms. The number of morpholine rings is 1. The van der Waals surface area contributed by atoms with Crippen LogP contribution in [0.25, 0.3) is 10.9 Å². The largest absolute Gasteiger partial charge is 0.378 e. The molecule has 130 valence electrons. The number of carbonyl (C=O) groups excluding carboxylic acids is 1. The second-order valence-corrected chi connectivity index (χ2v) is 5.90. The number of hydrogen-bond acceptors (Lipinski definition) is 6. The first kappa shape index (κ1) is 15.8. The number of aromatic amines is 1. The Morgan fingerprint density at radius 3 is 3.12 bits per heavy atom. The topological polar surface area (TPSA) is 105 Å². The minimum atomic E-state index is -0.154. The maximum atomic E-state index is 12.2. The molecule has 1 aromatic carbocycles. The molecule has 1 unspecified atom stereocenters. The van der Waals surface area contributed by atoms with Crippen molar-refractivity contribution in [3.05, 3.63) is 47.7 Å². The van der Waals surface area contributed by atoms with E-state index in [4.69, 9.17) is 9.26 Å². The number of ether oxygens (including phenoxy) is 1. The molecule has 1 atom stereocenters. The number of H-pyrrole nitrogens is 1. The van der Waals surface area contributed by atoms with Crippen LogP contribution in [-0.2, 0) is 11.2 Å². The molecule has 0 saturated carbocycles. The predicted molar refractivity (Wildman–Crippen MR) is 90.2 cm³/mol. The minimum Gasteiger partial charge on any atom is -0.378 e. The Bertz CT molecular complexity index is 833. The van der Waals surface area contributed by atoms with Gasteiger partial charge in [-0.05, 0) is 12.1 Å². The molecular formula is C17H19N5O3. The smallest absolute Gasteiger partial charge is 0.267 e. The van der Waals surface area contributed by atoms with Crippen molar-refractivity contribution in [1.82, 2.24) is 25.8 Å². The average Bonchev–Trinajstić information content (AvgIpc) is 3.29. The summed E-state index contributed by atoms with van der Waals surface area (Å²) in [6.07, 6.45) is 0.479. The number of nitrogens with zero attached hydrogens (tertiary/aromatic N) is 2. The van der Waals surface area contributed by atoms with Crippen LogP contribution in [0.3, 0.4) is 0 Å². The van der Waals surface area contributed by atoms with Crippen molar-refractivity contribution in [3.63, 3.8) is 0 Å². The molecule has 1 amide bonds. The maximum Gasteiger partial charge on any atom is 0.267 e. The van der Waals surface area contributed by atoms with Crippen molar-refractivity contribution < 1.29 is 14.1 Å². The quantitative estimate of drug-likeness (QED) is 0.644. The van der Waals surface area contributed by atoms with Crippen LogP contribution in [-0.4, -0.2) is 47.3 Å². The molecule has 3 aromatic rings. The van der Waals surface area contributed by atoms with Gasteiger partial charge in [0.1, 0.15) is 5.69 Å². The summed E-state index contributed by atoms with van der Waals surface area (Å²) in [7, 11) is 0. The second-order valence-electron chi connectivity index (χ2n) is 5.90. The molecule has 4 rings (SSSR count). The van der Waals surface area contributed by atoms with Crippen LogP contribution < -0.4 is 10.6 Å². The second kappa shape index (κ2) is 7.04. The molecule has 25 heavy (non-hydrogen) atoms. The van der Waals surface area contributed by atoms with Crippen molar-refractivity contribution in [2.45, 2.75) is 12.5 Å². The Balaban J connectivity index is 1.31. The van der Waals surface area contributed by atoms with E-state index in [1.807, 2.05) is 30.3 Å². The normalized spacial score (nSPS) is 17.7. The van der Waals surface area contributed by atoms with Crippen molar-refractivity contribution in [2.75, 3.05) is 26.3 Å². The summed E-state index contributed by atoms with van der Waals surface area (Å²) >= 11 is 0. The summed E-state index contributed by atoms with van der Waals surface area (Å²) in [5.41, 5.74) is 1.48. The Morgan fingerprint density at radius 1 is 1.36 bits per heavy atom. The lowest BCUT2D eigenvalue weighted by molar-refractivity contribution is 0.0734. The summed E-state index contributed by atoms with van der Waals surface area (Å²) in [6.45, 7) is 2.43. The summed E-state index contributed by atoms with van der Waals surface area (Å²) in [5, 5.41) is 11.1. The van der Waals surface area contributed by atoms with E-state index in [1.165, 1.54) is 0 Å². The Labute approximate surface area is 143 Å². The van der Waals surface area contributed by atoms with Gasteiger partial charge >= 0.3 is 0 Å². The number of fused-ring (bicyclic) bond motifs is 1. The summed E-state index contributed by atoms with van der Waals surface area (Å²) in [6, 6.07) is 9.58. The van der Waals surface area contributed by atoms with Gasteiger partial charge in [0.25, 0.3) is 5.91 Å². The lowest BCUT2D eigenvalue weighted by atomic mass is 10.2. The number of para-hydroxylation sites is 1. The van der Waals surface area contributed by atoms with E-state index in [-0.39, 0.29) is 11.9 Å². The van der Waals surface area contributed by atoms with E-state index in [9.17, 15) is 4.79 Å². The number of benzene rings is 1. The number of nitrogens with one attached hydrogen (secondary N) is 3. The Morgan fingerprint density at radius 2 is 2.28 bits per heavy atom. The monoisotopic (exact) mass is 341 g/mol. The third-order valence-electron chi connectivity index (χ3n) is 4.12. The van der Waals surface area contributed by atoms with Crippen LogP contribution in [0, 0.1) is 0 Å². The minimum absolute atomic E-state index is 0.0350. The van der Waals surface area contributed by atoms with Crippen LogP contribution >= 0.6 is 0 Å². The number of amides is 1. The van der Waals surface area contributed by atoms with E-state index in [2.05, 4.69) is 25.8 Å². The zero-order chi connectivity index (χ0) is 17.1. The summed E-state index contributed by atoms with van der Waals surface area (Å²) in [5.74, 6) is 0.939. The summed E-state index contributed by atoms with van der Waals surface area (Å²) < 4.78 is 10.6. The molecule has 1 saturated heterocycles. The maximum absolute atomic E-state index is 12.2. The zero-order valence-electron chi connectivity index (χ0n) is 13.6. The van der Waals surface area contributed by atoms with Gasteiger partial charge in [-0.1, -0.05) is 23.4 Å². The average molecular weight is 341 g/mol. The first-order valence-electron chi connectivity index (χ1n) is 8.29. The number of hydrogen-bond donors (Lipinski definition) is 3. The SMILES string of the molecule is O=C(NCCc1nc(C2COCCN2)no1)c1cc2ccccc2[nH]1. The molecule has 0 aliphatic carbocycles. The molecule has 0 bridgehead atoms. The summed E-state index contributed by atoms with van der Waals surface area (Å²) in [4.78, 5) is 19.7. The Kier molecular flexibility index (Phi) is 4.45. The van der Waals surface area contributed by atoms with Crippen LogP contribution in [0.5, 0.6) is 0 Å². The van der Waals surface area contributed by atoms with Crippen LogP contribution in [0.2, 0.25) is 0 Å². The van der Waals surface area contributed by atoms with Crippen LogP contribution in [0.1, 0.15) is 28.2 Å². The lowest BCUT2D eigenvalue weighted by Gasteiger charge is -2.20. The highest BCUT2D eigenvalue weighted by atomic mass is 16.5. The van der Waals surface area contributed by atoms with Crippen molar-refractivity contribution in [3.8, 4) is 0 Å². The number of carbonyl (C=O) groups is 1. The van der Waals surface area contributed by atoms with E-state index >= 15 is 0 Å². The van der Waals surface area contributed by atoms with E-state index in [1.54, 1.807) is 0 Å². The molecule has 3 N–H and O–H groups in total. The molecule has 0 spiro atoms. The van der Waals surface area contributed by atoms with Gasteiger partial charge in [0, 0.05) is 30.4 Å². The molecule has 0 radical (unpaired) electrons. The van der Waals surface area contributed by atoms with Gasteiger partial charge in [-0.2, -0.15) is 4.98 Å². The van der Waals surface area contributed by atoms with Gasteiger partial charge in [-0.15, -0.1) is 0 Å². The van der Waals surface area contributed by atoms with Gasteiger partial charge in [0.05, 0.1) is 19.3 Å². The van der Waals surface area contributed by atoms with Gasteiger partial charge in [-0.25, -0.2) is 0 Å². The highest BCUT2D eigenvalue weighted by molar-refractivity contribution is 5.97. The molecule has 1 aliphatic rings. The molecule has 1 aliphatic heterocycles. The first-order valence-corrected chi connectivity index (χ1v) is 8.29. The molecule has 8 nitrogen and oxygen atoms in total. The van der Waals surface area contributed by atoms with Crippen LogP contribution in [0.15, 0.2) is 34.9 Å².